The average molecular weight is 392 g/mol. The Bertz CT molecular complexity index is 1510. The van der Waals surface area contributed by atoms with Gasteiger partial charge in [-0.25, -0.2) is 0 Å². The van der Waals surface area contributed by atoms with E-state index in [1.807, 2.05) is 50.5 Å². The monoisotopic (exact) mass is 392 g/mol. The summed E-state index contributed by atoms with van der Waals surface area (Å²) in [5.74, 6) is 0.323. The summed E-state index contributed by atoms with van der Waals surface area (Å²) in [6.45, 7) is 0. The van der Waals surface area contributed by atoms with Crippen LogP contribution in [0, 0.1) is 0 Å². The first kappa shape index (κ1) is 17.0. The predicted molar refractivity (Wildman–Crippen MR) is 123 cm³/mol. The Balaban J connectivity index is 1.91. The molecule has 0 aliphatic carbocycles. The van der Waals surface area contributed by atoms with E-state index in [-0.39, 0.29) is 11.5 Å². The number of aromatic nitrogens is 2. The molecule has 2 N–H and O–H groups in total. The number of benzene rings is 4. The Labute approximate surface area is 172 Å². The molecule has 0 aliphatic heterocycles. The quantitative estimate of drug-likeness (QED) is 0.358. The highest BCUT2D eigenvalue weighted by Gasteiger charge is 2.23. The Morgan fingerprint density at radius 2 is 0.900 bits per heavy atom. The summed E-state index contributed by atoms with van der Waals surface area (Å²) in [7, 11) is 4.06. The minimum atomic E-state index is 0.162. The molecule has 0 unspecified atom stereocenters. The van der Waals surface area contributed by atoms with Crippen molar-refractivity contribution < 1.29 is 10.2 Å². The highest BCUT2D eigenvalue weighted by Crippen LogP contribution is 2.49. The third-order valence-electron chi connectivity index (χ3n) is 6.36. The van der Waals surface area contributed by atoms with Crippen LogP contribution in [0.4, 0.5) is 0 Å². The number of rotatable bonds is 1. The predicted octanol–water partition coefficient (Wildman–Crippen LogP) is 6.05. The first-order chi connectivity index (χ1) is 14.6. The van der Waals surface area contributed by atoms with E-state index >= 15 is 0 Å². The largest absolute Gasteiger partial charge is 0.507 e. The van der Waals surface area contributed by atoms with Gasteiger partial charge in [-0.3, -0.25) is 0 Å². The Morgan fingerprint density at radius 3 is 1.33 bits per heavy atom. The highest BCUT2D eigenvalue weighted by atomic mass is 16.3. The maximum absolute atomic E-state index is 11.1. The lowest BCUT2D eigenvalue weighted by Crippen LogP contribution is -1.89. The molecule has 0 radical (unpaired) electrons. The molecular formula is C26H20N2O2. The van der Waals surface area contributed by atoms with Crippen molar-refractivity contribution in [3.63, 3.8) is 0 Å². The zero-order chi connectivity index (χ0) is 20.6. The van der Waals surface area contributed by atoms with Crippen molar-refractivity contribution >= 4 is 43.6 Å². The van der Waals surface area contributed by atoms with Gasteiger partial charge in [0.1, 0.15) is 11.5 Å². The number of fused-ring (bicyclic) bond motifs is 6. The Kier molecular flexibility index (Phi) is 3.28. The second kappa shape index (κ2) is 5.80. The normalized spacial score (nSPS) is 11.9. The van der Waals surface area contributed by atoms with E-state index in [4.69, 9.17) is 0 Å². The number of aryl methyl sites for hydroxylation is 2. The standard InChI is InChI=1S/C26H20N2O2/c1-27-17-9-5-3-7-15(17)23-19(27)11-13-21(29)25(23)26-22(30)14-12-20-24(26)16-8-4-6-10-18(16)28(20)2/h3-14,29-30H,1-2H3. The molecule has 4 nitrogen and oxygen atoms in total. The van der Waals surface area contributed by atoms with Gasteiger partial charge in [-0.15, -0.1) is 0 Å². The molecule has 0 aliphatic rings. The molecule has 2 heterocycles. The van der Waals surface area contributed by atoms with Crippen LogP contribution in [0.3, 0.4) is 0 Å². The van der Waals surface area contributed by atoms with Crippen LogP contribution in [-0.4, -0.2) is 19.3 Å². The van der Waals surface area contributed by atoms with Crippen LogP contribution < -0.4 is 0 Å². The van der Waals surface area contributed by atoms with Gasteiger partial charge in [0.25, 0.3) is 0 Å². The molecule has 0 amide bonds. The molecule has 30 heavy (non-hydrogen) atoms. The van der Waals surface area contributed by atoms with Crippen LogP contribution in [0.1, 0.15) is 0 Å². The lowest BCUT2D eigenvalue weighted by molar-refractivity contribution is 0.470. The third-order valence-corrected chi connectivity index (χ3v) is 6.36. The second-order valence-electron chi connectivity index (χ2n) is 7.86. The lowest BCUT2D eigenvalue weighted by Gasteiger charge is -2.12. The van der Waals surface area contributed by atoms with E-state index in [0.29, 0.717) is 11.1 Å². The minimum Gasteiger partial charge on any atom is -0.507 e. The summed E-state index contributed by atoms with van der Waals surface area (Å²) in [6.07, 6.45) is 0. The fraction of sp³-hybridized carbons (Fsp3) is 0.0769. The van der Waals surface area contributed by atoms with Crippen LogP contribution in [-0.2, 0) is 14.1 Å². The Morgan fingerprint density at radius 1 is 0.500 bits per heavy atom. The molecule has 0 bridgehead atoms. The fourth-order valence-corrected chi connectivity index (χ4v) is 4.99. The van der Waals surface area contributed by atoms with E-state index < -0.39 is 0 Å². The number of phenols is 2. The summed E-state index contributed by atoms with van der Waals surface area (Å²) in [5, 5.41) is 26.1. The molecule has 4 heteroatoms. The molecule has 2 aromatic heterocycles. The van der Waals surface area contributed by atoms with E-state index in [0.717, 1.165) is 43.6 Å². The molecule has 0 fully saturated rings. The molecule has 6 rings (SSSR count). The zero-order valence-electron chi connectivity index (χ0n) is 16.7. The molecule has 6 aromatic rings. The lowest BCUT2D eigenvalue weighted by atomic mass is 9.93. The minimum absolute atomic E-state index is 0.162. The first-order valence-corrected chi connectivity index (χ1v) is 9.96. The van der Waals surface area contributed by atoms with E-state index in [1.54, 1.807) is 12.1 Å². The number of nitrogens with zero attached hydrogens (tertiary/aromatic N) is 2. The average Bonchev–Trinajstić information content (AvgIpc) is 3.22. The van der Waals surface area contributed by atoms with Crippen molar-refractivity contribution in [2.75, 3.05) is 0 Å². The molecule has 0 saturated carbocycles. The molecular weight excluding hydrogens is 372 g/mol. The third kappa shape index (κ3) is 2.00. The second-order valence-corrected chi connectivity index (χ2v) is 7.86. The van der Waals surface area contributed by atoms with Crippen molar-refractivity contribution in [1.82, 2.24) is 9.13 Å². The maximum atomic E-state index is 11.1. The summed E-state index contributed by atoms with van der Waals surface area (Å²) in [4.78, 5) is 0. The van der Waals surface area contributed by atoms with Crippen molar-refractivity contribution in [1.29, 1.82) is 0 Å². The number of aromatic hydroxyl groups is 2. The summed E-state index contributed by atoms with van der Waals surface area (Å²) in [5.41, 5.74) is 5.54. The van der Waals surface area contributed by atoms with Gasteiger partial charge in [0, 0.05) is 68.8 Å². The number of hydrogen-bond acceptors (Lipinski definition) is 2. The summed E-state index contributed by atoms with van der Waals surface area (Å²) < 4.78 is 4.27. The van der Waals surface area contributed by atoms with Gasteiger partial charge in [0.05, 0.1) is 0 Å². The molecule has 4 aromatic carbocycles. The fourth-order valence-electron chi connectivity index (χ4n) is 4.99. The number of para-hydroxylation sites is 2. The van der Waals surface area contributed by atoms with Crippen molar-refractivity contribution in [2.24, 2.45) is 14.1 Å². The van der Waals surface area contributed by atoms with Crippen LogP contribution in [0.2, 0.25) is 0 Å². The highest BCUT2D eigenvalue weighted by molar-refractivity contribution is 6.23. The zero-order valence-corrected chi connectivity index (χ0v) is 16.7. The van der Waals surface area contributed by atoms with E-state index in [2.05, 4.69) is 33.4 Å². The van der Waals surface area contributed by atoms with Gasteiger partial charge in [-0.05, 0) is 36.4 Å². The van der Waals surface area contributed by atoms with Gasteiger partial charge >= 0.3 is 0 Å². The van der Waals surface area contributed by atoms with Crippen LogP contribution in [0.5, 0.6) is 11.5 Å². The van der Waals surface area contributed by atoms with Crippen molar-refractivity contribution in [3.8, 4) is 22.6 Å². The Hall–Kier alpha value is -3.92. The maximum Gasteiger partial charge on any atom is 0.124 e. The van der Waals surface area contributed by atoms with Gasteiger partial charge in [0.15, 0.2) is 0 Å². The SMILES string of the molecule is Cn1c2ccccc2c2c(-c3c(O)ccc4c3c3ccccc3n4C)c(O)ccc21. The van der Waals surface area contributed by atoms with Gasteiger partial charge < -0.3 is 19.3 Å². The van der Waals surface area contributed by atoms with E-state index in [9.17, 15) is 10.2 Å². The van der Waals surface area contributed by atoms with Gasteiger partial charge in [-0.1, -0.05) is 36.4 Å². The van der Waals surface area contributed by atoms with Crippen LogP contribution in [0.25, 0.3) is 54.7 Å². The molecule has 0 spiro atoms. The number of hydrogen-bond donors (Lipinski definition) is 2. The van der Waals surface area contributed by atoms with Crippen LogP contribution in [0.15, 0.2) is 72.8 Å². The van der Waals surface area contributed by atoms with E-state index in [1.165, 1.54) is 0 Å². The smallest absolute Gasteiger partial charge is 0.124 e. The molecule has 146 valence electrons. The first-order valence-electron chi connectivity index (χ1n) is 9.96. The van der Waals surface area contributed by atoms with Gasteiger partial charge in [0.2, 0.25) is 0 Å². The summed E-state index contributed by atoms with van der Waals surface area (Å²) in [6, 6.07) is 23.7. The topological polar surface area (TPSA) is 50.3 Å². The van der Waals surface area contributed by atoms with Crippen LogP contribution >= 0.6 is 0 Å². The van der Waals surface area contributed by atoms with Crippen molar-refractivity contribution in [2.45, 2.75) is 0 Å². The van der Waals surface area contributed by atoms with Crippen molar-refractivity contribution in [3.05, 3.63) is 72.8 Å². The number of phenolic OH excluding ortho intramolecular Hbond substituents is 2. The molecule has 0 saturated heterocycles. The molecule has 0 atom stereocenters. The van der Waals surface area contributed by atoms with Gasteiger partial charge in [-0.2, -0.15) is 0 Å². The summed E-state index contributed by atoms with van der Waals surface area (Å²) >= 11 is 0.